The summed E-state index contributed by atoms with van der Waals surface area (Å²) in [6.07, 6.45) is -0.947. The zero-order valence-electron chi connectivity index (χ0n) is 10.5. The highest BCUT2D eigenvalue weighted by Crippen LogP contribution is 2.38. The van der Waals surface area contributed by atoms with Crippen LogP contribution in [0.25, 0.3) is 0 Å². The van der Waals surface area contributed by atoms with Gasteiger partial charge in [-0.25, -0.2) is 4.79 Å². The van der Waals surface area contributed by atoms with Gasteiger partial charge >= 0.3 is 6.09 Å². The fraction of sp³-hybridized carbons (Fsp3) is 0.909. The molecule has 0 aliphatic carbocycles. The highest BCUT2D eigenvalue weighted by molar-refractivity contribution is 5.66. The summed E-state index contributed by atoms with van der Waals surface area (Å²) >= 11 is 0. The molecular formula is C11H22N2O3. The normalized spacial score (nSPS) is 28.2. The van der Waals surface area contributed by atoms with E-state index in [1.165, 1.54) is 4.90 Å². The van der Waals surface area contributed by atoms with Crippen LogP contribution in [0.1, 0.15) is 20.8 Å². The number of aliphatic hydroxyl groups is 1. The first-order valence-electron chi connectivity index (χ1n) is 5.54. The standard InChI is InChI=1S/C11H22N2O3/c1-10(2,3)11(8-14)7-12(4)5-6-13(11)9(15)16/h14H,5-8H2,1-4H3,(H,15,16). The number of hydrogen-bond donors (Lipinski definition) is 2. The fourth-order valence-corrected chi connectivity index (χ4v) is 2.39. The van der Waals surface area contributed by atoms with E-state index in [0.29, 0.717) is 19.6 Å². The molecule has 94 valence electrons. The van der Waals surface area contributed by atoms with Gasteiger partial charge in [-0.15, -0.1) is 0 Å². The molecule has 0 bridgehead atoms. The smallest absolute Gasteiger partial charge is 0.407 e. The van der Waals surface area contributed by atoms with Crippen LogP contribution in [0, 0.1) is 5.41 Å². The number of aliphatic hydroxyl groups excluding tert-OH is 1. The van der Waals surface area contributed by atoms with Gasteiger partial charge in [-0.2, -0.15) is 0 Å². The molecule has 1 amide bonds. The Bertz CT molecular complexity index is 275. The number of carbonyl (C=O) groups is 1. The molecule has 1 fully saturated rings. The molecule has 16 heavy (non-hydrogen) atoms. The predicted molar refractivity (Wildman–Crippen MR) is 61.5 cm³/mol. The molecular weight excluding hydrogens is 208 g/mol. The summed E-state index contributed by atoms with van der Waals surface area (Å²) in [7, 11) is 1.95. The fourth-order valence-electron chi connectivity index (χ4n) is 2.39. The van der Waals surface area contributed by atoms with Crippen molar-refractivity contribution >= 4 is 6.09 Å². The minimum atomic E-state index is -0.947. The third-order valence-electron chi connectivity index (χ3n) is 3.64. The third-order valence-corrected chi connectivity index (χ3v) is 3.64. The summed E-state index contributed by atoms with van der Waals surface area (Å²) in [6, 6.07) is 0. The maximum Gasteiger partial charge on any atom is 0.407 e. The molecule has 1 saturated heterocycles. The lowest BCUT2D eigenvalue weighted by molar-refractivity contribution is -0.0782. The highest BCUT2D eigenvalue weighted by atomic mass is 16.4. The second kappa shape index (κ2) is 4.22. The van der Waals surface area contributed by atoms with Crippen LogP contribution < -0.4 is 0 Å². The molecule has 1 heterocycles. The molecule has 5 nitrogen and oxygen atoms in total. The number of piperazine rings is 1. The summed E-state index contributed by atoms with van der Waals surface area (Å²) < 4.78 is 0. The predicted octanol–water partition coefficient (Wildman–Crippen LogP) is 0.689. The third kappa shape index (κ3) is 2.01. The van der Waals surface area contributed by atoms with E-state index in [1.54, 1.807) is 0 Å². The molecule has 0 spiro atoms. The topological polar surface area (TPSA) is 64.0 Å². The Balaban J connectivity index is 3.12. The molecule has 2 N–H and O–H groups in total. The van der Waals surface area contributed by atoms with Gasteiger partial charge in [0.2, 0.25) is 0 Å². The summed E-state index contributed by atoms with van der Waals surface area (Å²) in [5.74, 6) is 0. The van der Waals surface area contributed by atoms with Crippen LogP contribution in [-0.4, -0.2) is 64.9 Å². The van der Waals surface area contributed by atoms with Crippen molar-refractivity contribution in [3.63, 3.8) is 0 Å². The van der Waals surface area contributed by atoms with E-state index in [9.17, 15) is 15.0 Å². The van der Waals surface area contributed by atoms with Gasteiger partial charge in [0.25, 0.3) is 0 Å². The average Bonchev–Trinajstić information content (AvgIpc) is 2.14. The number of hydrogen-bond acceptors (Lipinski definition) is 3. The lowest BCUT2D eigenvalue weighted by Crippen LogP contribution is -2.70. The molecule has 1 aliphatic rings. The zero-order chi connectivity index (χ0) is 12.6. The van der Waals surface area contributed by atoms with Crippen molar-refractivity contribution in [2.24, 2.45) is 5.41 Å². The van der Waals surface area contributed by atoms with Gasteiger partial charge in [-0.1, -0.05) is 20.8 Å². The van der Waals surface area contributed by atoms with E-state index in [1.807, 2.05) is 27.8 Å². The van der Waals surface area contributed by atoms with Crippen molar-refractivity contribution in [1.29, 1.82) is 0 Å². The maximum atomic E-state index is 11.3. The largest absolute Gasteiger partial charge is 0.465 e. The lowest BCUT2D eigenvalue weighted by atomic mass is 9.71. The Morgan fingerprint density at radius 2 is 1.94 bits per heavy atom. The van der Waals surface area contributed by atoms with E-state index >= 15 is 0 Å². The Morgan fingerprint density at radius 3 is 2.31 bits per heavy atom. The van der Waals surface area contributed by atoms with Crippen molar-refractivity contribution < 1.29 is 15.0 Å². The van der Waals surface area contributed by atoms with Gasteiger partial charge in [-0.3, -0.25) is 4.90 Å². The molecule has 0 aromatic rings. The van der Waals surface area contributed by atoms with E-state index in [-0.39, 0.29) is 12.0 Å². The molecule has 1 atom stereocenters. The van der Waals surface area contributed by atoms with Crippen LogP contribution >= 0.6 is 0 Å². The lowest BCUT2D eigenvalue weighted by Gasteiger charge is -2.54. The van der Waals surface area contributed by atoms with E-state index < -0.39 is 11.6 Å². The maximum absolute atomic E-state index is 11.3. The summed E-state index contributed by atoms with van der Waals surface area (Å²) in [5.41, 5.74) is -1.01. The number of likely N-dealkylation sites (N-methyl/N-ethyl adjacent to an activating group) is 1. The Morgan fingerprint density at radius 1 is 1.38 bits per heavy atom. The molecule has 0 saturated carbocycles. The van der Waals surface area contributed by atoms with Gasteiger partial charge in [0.1, 0.15) is 0 Å². The number of nitrogens with zero attached hydrogens (tertiary/aromatic N) is 2. The van der Waals surface area contributed by atoms with Crippen LogP contribution in [0.3, 0.4) is 0 Å². The quantitative estimate of drug-likeness (QED) is 0.695. The summed E-state index contributed by atoms with van der Waals surface area (Å²) in [6.45, 7) is 7.50. The van der Waals surface area contributed by atoms with Crippen LogP contribution in [0.15, 0.2) is 0 Å². The molecule has 0 aromatic heterocycles. The van der Waals surface area contributed by atoms with Crippen molar-refractivity contribution in [1.82, 2.24) is 9.80 Å². The SMILES string of the molecule is CN1CCN(C(=O)O)C(CO)(C(C)(C)C)C1. The first-order chi connectivity index (χ1) is 7.24. The Kier molecular flexibility index (Phi) is 3.50. The summed E-state index contributed by atoms with van der Waals surface area (Å²) in [4.78, 5) is 14.7. The molecule has 1 unspecified atom stereocenters. The summed E-state index contributed by atoms with van der Waals surface area (Å²) in [5, 5.41) is 18.9. The highest BCUT2D eigenvalue weighted by Gasteiger charge is 2.51. The number of rotatable bonds is 1. The minimum absolute atomic E-state index is 0.146. The van der Waals surface area contributed by atoms with Crippen LogP contribution in [0.5, 0.6) is 0 Å². The zero-order valence-corrected chi connectivity index (χ0v) is 10.5. The van der Waals surface area contributed by atoms with Gasteiger partial charge in [0.15, 0.2) is 0 Å². The van der Waals surface area contributed by atoms with Gasteiger partial charge in [-0.05, 0) is 12.5 Å². The monoisotopic (exact) mass is 230 g/mol. The number of amides is 1. The van der Waals surface area contributed by atoms with Gasteiger partial charge in [0, 0.05) is 19.6 Å². The van der Waals surface area contributed by atoms with Crippen LogP contribution in [-0.2, 0) is 0 Å². The van der Waals surface area contributed by atoms with E-state index in [4.69, 9.17) is 0 Å². The Labute approximate surface area is 96.7 Å². The molecule has 1 aliphatic heterocycles. The first kappa shape index (κ1) is 13.3. The second-order valence-electron chi connectivity index (χ2n) is 5.61. The first-order valence-corrected chi connectivity index (χ1v) is 5.54. The van der Waals surface area contributed by atoms with Crippen LogP contribution in [0.4, 0.5) is 4.79 Å². The van der Waals surface area contributed by atoms with Gasteiger partial charge < -0.3 is 15.1 Å². The second-order valence-corrected chi connectivity index (χ2v) is 5.61. The molecule has 5 heteroatoms. The van der Waals surface area contributed by atoms with Gasteiger partial charge in [0.05, 0.1) is 12.1 Å². The average molecular weight is 230 g/mol. The van der Waals surface area contributed by atoms with Crippen molar-refractivity contribution in [3.05, 3.63) is 0 Å². The van der Waals surface area contributed by atoms with Crippen molar-refractivity contribution in [3.8, 4) is 0 Å². The molecule has 0 radical (unpaired) electrons. The number of carboxylic acid groups (broad SMARTS) is 1. The van der Waals surface area contributed by atoms with E-state index in [2.05, 4.69) is 4.90 Å². The van der Waals surface area contributed by atoms with Crippen molar-refractivity contribution in [2.45, 2.75) is 26.3 Å². The van der Waals surface area contributed by atoms with Crippen molar-refractivity contribution in [2.75, 3.05) is 33.3 Å². The molecule has 1 rings (SSSR count). The molecule has 0 aromatic carbocycles. The minimum Gasteiger partial charge on any atom is -0.465 e. The van der Waals surface area contributed by atoms with Crippen LogP contribution in [0.2, 0.25) is 0 Å². The Hall–Kier alpha value is -0.810. The van der Waals surface area contributed by atoms with E-state index in [0.717, 1.165) is 0 Å².